The smallest absolute Gasteiger partial charge is 0.316 e. The van der Waals surface area contributed by atoms with Crippen LogP contribution in [-0.4, -0.2) is 62.0 Å². The molecule has 2 aliphatic heterocycles. The summed E-state index contributed by atoms with van der Waals surface area (Å²) >= 11 is 0. The fourth-order valence-electron chi connectivity index (χ4n) is 3.16. The first-order valence-electron chi connectivity index (χ1n) is 6.97. The number of carbonyl (C=O) groups is 1. The number of amides is 1. The number of carbonyl (C=O) groups excluding carboxylic acids is 1. The second-order valence-electron chi connectivity index (χ2n) is 6.03. The first-order chi connectivity index (χ1) is 9.02. The molecule has 6 heteroatoms. The molecule has 0 N–H and O–H groups in total. The maximum atomic E-state index is 12.4. The monoisotopic (exact) mass is 263 g/mol. The minimum absolute atomic E-state index is 0.0301. The summed E-state index contributed by atoms with van der Waals surface area (Å²) < 4.78 is 1.37. The molecule has 104 valence electrons. The maximum Gasteiger partial charge on any atom is 0.346 e. The molecule has 19 heavy (non-hydrogen) atoms. The highest BCUT2D eigenvalue weighted by Gasteiger charge is 2.52. The molecule has 0 aliphatic carbocycles. The summed E-state index contributed by atoms with van der Waals surface area (Å²) in [6.45, 7) is 9.18. The van der Waals surface area contributed by atoms with Gasteiger partial charge in [-0.2, -0.15) is 4.68 Å². The van der Waals surface area contributed by atoms with Gasteiger partial charge in [0.15, 0.2) is 0 Å². The Bertz CT molecular complexity index is 497. The third-order valence-electron chi connectivity index (χ3n) is 4.50. The lowest BCUT2D eigenvalue weighted by Gasteiger charge is -2.50. The Labute approximate surface area is 113 Å². The average Bonchev–Trinajstić information content (AvgIpc) is 2.94. The standard InChI is InChI=1S/C13H21N5O/c1-10(2)16-6-4-13(9-16)5-7-17(13)12(19)18-8-11(3)14-15-18/h8,10H,4-7,9H2,1-3H3. The van der Waals surface area contributed by atoms with Crippen LogP contribution in [0.4, 0.5) is 4.79 Å². The molecule has 1 aromatic rings. The molecule has 1 amide bonds. The molecule has 0 bridgehead atoms. The van der Waals surface area contributed by atoms with Gasteiger partial charge in [0.1, 0.15) is 0 Å². The number of rotatable bonds is 1. The zero-order valence-electron chi connectivity index (χ0n) is 11.8. The molecule has 0 saturated carbocycles. The van der Waals surface area contributed by atoms with E-state index in [2.05, 4.69) is 29.1 Å². The van der Waals surface area contributed by atoms with Crippen molar-refractivity contribution in [2.45, 2.75) is 45.2 Å². The van der Waals surface area contributed by atoms with Crippen LogP contribution in [0.25, 0.3) is 0 Å². The Morgan fingerprint density at radius 3 is 2.58 bits per heavy atom. The second-order valence-corrected chi connectivity index (χ2v) is 6.03. The van der Waals surface area contributed by atoms with E-state index in [1.165, 1.54) is 4.68 Å². The first kappa shape index (κ1) is 12.6. The summed E-state index contributed by atoms with van der Waals surface area (Å²) in [6, 6.07) is 0.517. The van der Waals surface area contributed by atoms with Gasteiger partial charge in [-0.05, 0) is 33.6 Å². The molecular formula is C13H21N5O. The highest BCUT2D eigenvalue weighted by molar-refractivity contribution is 5.77. The maximum absolute atomic E-state index is 12.4. The van der Waals surface area contributed by atoms with Gasteiger partial charge in [-0.1, -0.05) is 5.21 Å². The van der Waals surface area contributed by atoms with Crippen molar-refractivity contribution >= 4 is 6.03 Å². The van der Waals surface area contributed by atoms with Gasteiger partial charge in [0, 0.05) is 25.7 Å². The number of nitrogens with zero attached hydrogens (tertiary/aromatic N) is 5. The quantitative estimate of drug-likeness (QED) is 0.761. The number of likely N-dealkylation sites (tertiary alicyclic amines) is 2. The van der Waals surface area contributed by atoms with Crippen LogP contribution in [0.5, 0.6) is 0 Å². The highest BCUT2D eigenvalue weighted by Crippen LogP contribution is 2.40. The van der Waals surface area contributed by atoms with Gasteiger partial charge in [-0.25, -0.2) is 4.79 Å². The van der Waals surface area contributed by atoms with Crippen LogP contribution < -0.4 is 0 Å². The van der Waals surface area contributed by atoms with Gasteiger partial charge < -0.3 is 4.90 Å². The van der Waals surface area contributed by atoms with Gasteiger partial charge in [0.05, 0.1) is 17.4 Å². The SMILES string of the molecule is Cc1cn(C(=O)N2CCC23CCN(C(C)C)C3)nn1. The van der Waals surface area contributed by atoms with Crippen LogP contribution in [0.1, 0.15) is 32.4 Å². The lowest BCUT2D eigenvalue weighted by Crippen LogP contribution is -2.64. The molecule has 3 rings (SSSR count). The van der Waals surface area contributed by atoms with Gasteiger partial charge in [-0.3, -0.25) is 4.90 Å². The van der Waals surface area contributed by atoms with E-state index in [0.717, 1.165) is 38.2 Å². The zero-order valence-corrected chi connectivity index (χ0v) is 11.8. The van der Waals surface area contributed by atoms with Gasteiger partial charge in [-0.15, -0.1) is 5.10 Å². The van der Waals surface area contributed by atoms with Gasteiger partial charge >= 0.3 is 6.03 Å². The Morgan fingerprint density at radius 1 is 1.37 bits per heavy atom. The molecule has 0 aromatic carbocycles. The highest BCUT2D eigenvalue weighted by atomic mass is 16.2. The molecule has 1 atom stereocenters. The molecule has 6 nitrogen and oxygen atoms in total. The van der Waals surface area contributed by atoms with Crippen LogP contribution in [0, 0.1) is 6.92 Å². The summed E-state index contributed by atoms with van der Waals surface area (Å²) in [5.74, 6) is 0. The fourth-order valence-corrected chi connectivity index (χ4v) is 3.16. The van der Waals surface area contributed by atoms with E-state index < -0.39 is 0 Å². The van der Waals surface area contributed by atoms with Crippen molar-refractivity contribution in [2.75, 3.05) is 19.6 Å². The Balaban J connectivity index is 1.75. The number of aryl methyl sites for hydroxylation is 1. The first-order valence-corrected chi connectivity index (χ1v) is 6.97. The lowest BCUT2D eigenvalue weighted by molar-refractivity contribution is 0.0274. The van der Waals surface area contributed by atoms with Crippen LogP contribution in [0.3, 0.4) is 0 Å². The molecule has 2 saturated heterocycles. The van der Waals surface area contributed by atoms with Gasteiger partial charge in [0.25, 0.3) is 0 Å². The molecule has 1 spiro atoms. The van der Waals surface area contributed by atoms with Crippen molar-refractivity contribution < 1.29 is 4.79 Å². The number of aromatic nitrogens is 3. The third-order valence-corrected chi connectivity index (χ3v) is 4.50. The van der Waals surface area contributed by atoms with E-state index in [1.807, 2.05) is 11.8 Å². The van der Waals surface area contributed by atoms with E-state index in [4.69, 9.17) is 0 Å². The Kier molecular flexibility index (Phi) is 2.85. The molecule has 1 aromatic heterocycles. The van der Waals surface area contributed by atoms with Crippen molar-refractivity contribution in [1.82, 2.24) is 24.8 Å². The van der Waals surface area contributed by atoms with Crippen LogP contribution >= 0.6 is 0 Å². The number of hydrogen-bond donors (Lipinski definition) is 0. The zero-order chi connectivity index (χ0) is 13.6. The van der Waals surface area contributed by atoms with Crippen LogP contribution in [-0.2, 0) is 0 Å². The molecule has 1 unspecified atom stereocenters. The minimum Gasteiger partial charge on any atom is -0.316 e. The minimum atomic E-state index is -0.0301. The van der Waals surface area contributed by atoms with E-state index in [0.29, 0.717) is 6.04 Å². The topological polar surface area (TPSA) is 54.3 Å². The largest absolute Gasteiger partial charge is 0.346 e. The molecule has 3 heterocycles. The van der Waals surface area contributed by atoms with Crippen molar-refractivity contribution in [1.29, 1.82) is 0 Å². The number of hydrogen-bond acceptors (Lipinski definition) is 4. The Hall–Kier alpha value is -1.43. The fraction of sp³-hybridized carbons (Fsp3) is 0.769. The van der Waals surface area contributed by atoms with E-state index in [1.54, 1.807) is 6.20 Å². The Morgan fingerprint density at radius 2 is 2.11 bits per heavy atom. The van der Waals surface area contributed by atoms with Crippen molar-refractivity contribution in [3.05, 3.63) is 11.9 Å². The van der Waals surface area contributed by atoms with Crippen molar-refractivity contribution in [2.24, 2.45) is 0 Å². The molecule has 2 aliphatic rings. The average molecular weight is 263 g/mol. The summed E-state index contributed by atoms with van der Waals surface area (Å²) in [4.78, 5) is 16.9. The van der Waals surface area contributed by atoms with E-state index in [9.17, 15) is 4.79 Å². The predicted octanol–water partition coefficient (Wildman–Crippen LogP) is 1.11. The summed E-state index contributed by atoms with van der Waals surface area (Å²) in [7, 11) is 0. The van der Waals surface area contributed by atoms with Crippen LogP contribution in [0.2, 0.25) is 0 Å². The van der Waals surface area contributed by atoms with E-state index >= 15 is 0 Å². The van der Waals surface area contributed by atoms with Gasteiger partial charge in [0.2, 0.25) is 0 Å². The summed E-state index contributed by atoms with van der Waals surface area (Å²) in [6.07, 6.45) is 3.88. The second kappa shape index (κ2) is 4.30. The van der Waals surface area contributed by atoms with Crippen LogP contribution in [0.15, 0.2) is 6.20 Å². The summed E-state index contributed by atoms with van der Waals surface area (Å²) in [5.41, 5.74) is 0.819. The molecule has 0 radical (unpaired) electrons. The normalized spacial score (nSPS) is 27.3. The predicted molar refractivity (Wildman–Crippen MR) is 70.9 cm³/mol. The molecular weight excluding hydrogens is 242 g/mol. The molecule has 2 fully saturated rings. The summed E-state index contributed by atoms with van der Waals surface area (Å²) in [5, 5.41) is 7.78. The van der Waals surface area contributed by atoms with Crippen molar-refractivity contribution in [3.63, 3.8) is 0 Å². The van der Waals surface area contributed by atoms with E-state index in [-0.39, 0.29) is 11.6 Å². The van der Waals surface area contributed by atoms with Crippen molar-refractivity contribution in [3.8, 4) is 0 Å². The lowest BCUT2D eigenvalue weighted by atomic mass is 9.84. The third kappa shape index (κ3) is 1.94.